The Bertz CT molecular complexity index is 149. The average Bonchev–Trinajstić information content (AvgIpc) is 1.44. The number of halogens is 2. The number of nitrogens with one attached hydrogen (secondary N) is 1. The lowest BCUT2D eigenvalue weighted by molar-refractivity contribution is -0.0274. The van der Waals surface area contributed by atoms with Gasteiger partial charge in [0, 0.05) is 31.3 Å². The van der Waals surface area contributed by atoms with Crippen LogP contribution < -0.4 is 5.32 Å². The van der Waals surface area contributed by atoms with E-state index in [0.717, 1.165) is 0 Å². The van der Waals surface area contributed by atoms with Crippen LogP contribution in [0.1, 0.15) is 18.3 Å². The number of hydrogen-bond acceptors (Lipinski definition) is 1. The first-order valence-electron chi connectivity index (χ1n) is 4.29. The molecule has 0 atom stereocenters. The number of alkyl halides is 2. The van der Waals surface area contributed by atoms with Crippen LogP contribution >= 0.6 is 0 Å². The largest absolute Gasteiger partial charge is 0.316 e. The van der Waals surface area contributed by atoms with Crippen LogP contribution in [-0.4, -0.2) is 18.9 Å². The molecule has 1 aliphatic heterocycles. The van der Waals surface area contributed by atoms with Crippen LogP contribution in [0, 0.1) is 0 Å². The summed E-state index contributed by atoms with van der Waals surface area (Å²) >= 11 is 0. The van der Waals surface area contributed by atoms with Gasteiger partial charge in [0.1, 0.15) is 0 Å². The molecule has 1 fully saturated rings. The van der Waals surface area contributed by atoms with Gasteiger partial charge in [0.15, 0.2) is 0 Å². The van der Waals surface area contributed by atoms with Crippen molar-refractivity contribution >= 4 is 0 Å². The van der Waals surface area contributed by atoms with E-state index in [1.165, 1.54) is 0 Å². The lowest BCUT2D eigenvalue weighted by Gasteiger charge is -2.21. The van der Waals surface area contributed by atoms with Crippen LogP contribution in [0.4, 0.5) is 8.78 Å². The van der Waals surface area contributed by atoms with E-state index in [1.807, 2.05) is 5.32 Å². The second-order valence-corrected chi connectivity index (χ2v) is 1.69. The highest BCUT2D eigenvalue weighted by atomic mass is 19.3. The van der Waals surface area contributed by atoms with Crippen LogP contribution in [0.25, 0.3) is 0 Å². The Morgan fingerprint density at radius 1 is 1.38 bits per heavy atom. The molecular weight excluding hydrogens is 112 g/mol. The minimum atomic E-state index is -3.27. The van der Waals surface area contributed by atoms with Gasteiger partial charge in [-0.15, -0.1) is 0 Å². The van der Waals surface area contributed by atoms with Gasteiger partial charge in [0.05, 0.1) is 0 Å². The molecule has 0 radical (unpaired) electrons. The summed E-state index contributed by atoms with van der Waals surface area (Å²) < 4.78 is 53.2. The molecule has 1 N–H and O–H groups in total. The van der Waals surface area contributed by atoms with E-state index in [9.17, 15) is 8.78 Å². The van der Waals surface area contributed by atoms with Crippen molar-refractivity contribution < 1.29 is 14.3 Å². The summed E-state index contributed by atoms with van der Waals surface area (Å²) in [5.41, 5.74) is 0. The second-order valence-electron chi connectivity index (χ2n) is 1.69. The van der Waals surface area contributed by atoms with Gasteiger partial charge in [-0.05, 0) is 0 Å². The Balaban J connectivity index is 2.81. The van der Waals surface area contributed by atoms with Gasteiger partial charge >= 0.3 is 0 Å². The molecule has 48 valence electrons. The van der Waals surface area contributed by atoms with Crippen molar-refractivity contribution in [3.05, 3.63) is 0 Å². The SMILES string of the molecule is [2H]C1([2H])CC(F)(F)CC([2H])([2H])N1. The van der Waals surface area contributed by atoms with Gasteiger partial charge in [-0.25, -0.2) is 8.78 Å². The normalized spacial score (nSPS) is 47.8. The molecule has 0 aromatic heterocycles. The molecule has 1 saturated heterocycles. The van der Waals surface area contributed by atoms with Crippen molar-refractivity contribution in [2.75, 3.05) is 13.0 Å². The highest BCUT2D eigenvalue weighted by molar-refractivity contribution is 4.73. The number of rotatable bonds is 0. The molecule has 1 aliphatic rings. The average molecular weight is 125 g/mol. The van der Waals surface area contributed by atoms with Crippen molar-refractivity contribution in [1.29, 1.82) is 0 Å². The summed E-state index contributed by atoms with van der Waals surface area (Å²) in [4.78, 5) is 0. The van der Waals surface area contributed by atoms with E-state index in [1.54, 1.807) is 0 Å². The van der Waals surface area contributed by atoms with Crippen LogP contribution in [0.5, 0.6) is 0 Å². The van der Waals surface area contributed by atoms with Gasteiger partial charge in [0.25, 0.3) is 5.92 Å². The molecule has 1 heterocycles. The van der Waals surface area contributed by atoms with E-state index in [0.29, 0.717) is 0 Å². The molecule has 0 aromatic carbocycles. The Hall–Kier alpha value is -0.180. The van der Waals surface area contributed by atoms with Crippen molar-refractivity contribution in [3.8, 4) is 0 Å². The predicted octanol–water partition coefficient (Wildman–Crippen LogP) is 1.01. The van der Waals surface area contributed by atoms with Gasteiger partial charge in [-0.3, -0.25) is 0 Å². The van der Waals surface area contributed by atoms with E-state index in [4.69, 9.17) is 5.48 Å². The zero-order valence-electron chi connectivity index (χ0n) is 8.17. The lowest BCUT2D eigenvalue weighted by atomic mass is 10.1. The minimum absolute atomic E-state index is 0.973. The summed E-state index contributed by atoms with van der Waals surface area (Å²) in [6.45, 7) is -4.66. The highest BCUT2D eigenvalue weighted by Crippen LogP contribution is 2.23. The smallest absolute Gasteiger partial charge is 0.250 e. The molecule has 0 saturated carbocycles. The quantitative estimate of drug-likeness (QED) is 0.509. The Morgan fingerprint density at radius 3 is 2.25 bits per heavy atom. The van der Waals surface area contributed by atoms with Gasteiger partial charge in [0.2, 0.25) is 0 Å². The third-order valence-electron chi connectivity index (χ3n) is 0.871. The zero-order chi connectivity index (χ0) is 9.62. The van der Waals surface area contributed by atoms with Crippen molar-refractivity contribution in [1.82, 2.24) is 5.32 Å². The lowest BCUT2D eigenvalue weighted by Crippen LogP contribution is -2.35. The van der Waals surface area contributed by atoms with E-state index >= 15 is 0 Å². The van der Waals surface area contributed by atoms with E-state index in [2.05, 4.69) is 0 Å². The van der Waals surface area contributed by atoms with Crippen molar-refractivity contribution in [2.24, 2.45) is 0 Å². The fourth-order valence-electron chi connectivity index (χ4n) is 0.472. The van der Waals surface area contributed by atoms with Gasteiger partial charge in [-0.2, -0.15) is 0 Å². The fourth-order valence-corrected chi connectivity index (χ4v) is 0.472. The molecule has 0 amide bonds. The van der Waals surface area contributed by atoms with Crippen LogP contribution in [0.3, 0.4) is 0 Å². The first kappa shape index (κ1) is 2.60. The topological polar surface area (TPSA) is 12.0 Å². The molecule has 0 bridgehead atoms. The second kappa shape index (κ2) is 1.97. The summed E-state index contributed by atoms with van der Waals surface area (Å²) in [7, 11) is 0. The first-order valence-corrected chi connectivity index (χ1v) is 2.29. The van der Waals surface area contributed by atoms with Crippen LogP contribution in [0.2, 0.25) is 0 Å². The Kier molecular flexibility index (Phi) is 0.642. The Morgan fingerprint density at radius 2 is 1.88 bits per heavy atom. The van der Waals surface area contributed by atoms with Gasteiger partial charge in [-0.1, -0.05) is 0 Å². The molecule has 3 heteroatoms. The molecule has 0 spiro atoms. The van der Waals surface area contributed by atoms with Crippen molar-refractivity contribution in [3.63, 3.8) is 0 Å². The monoisotopic (exact) mass is 125 g/mol. The standard InChI is InChI=1S/C5H9F2N/c6-5(7)1-3-8-4-2-5/h8H,1-4H2/i3D2,4D2. The van der Waals surface area contributed by atoms with Crippen LogP contribution in [-0.2, 0) is 0 Å². The van der Waals surface area contributed by atoms with Crippen LogP contribution in [0.15, 0.2) is 0 Å². The highest BCUT2D eigenvalue weighted by Gasteiger charge is 2.30. The van der Waals surface area contributed by atoms with E-state index in [-0.39, 0.29) is 0 Å². The molecule has 1 nitrogen and oxygen atoms in total. The molecule has 1 rings (SSSR count). The summed E-state index contributed by atoms with van der Waals surface area (Å²) in [6, 6.07) is 0. The molecule has 8 heavy (non-hydrogen) atoms. The molecule has 0 unspecified atom stereocenters. The summed E-state index contributed by atoms with van der Waals surface area (Å²) in [6.07, 6.45) is -1.95. The third-order valence-corrected chi connectivity index (χ3v) is 0.871. The molecular formula is C5H9F2N. The number of piperidine rings is 1. The molecule has 0 aromatic rings. The number of hydrogen-bond donors (Lipinski definition) is 1. The Labute approximate surface area is 52.7 Å². The summed E-state index contributed by atoms with van der Waals surface area (Å²) in [5, 5.41) is 1.87. The van der Waals surface area contributed by atoms with E-state index < -0.39 is 31.8 Å². The minimum Gasteiger partial charge on any atom is -0.316 e. The first-order chi connectivity index (χ1) is 5.12. The van der Waals surface area contributed by atoms with Gasteiger partial charge < -0.3 is 5.32 Å². The predicted molar refractivity (Wildman–Crippen MR) is 27.1 cm³/mol. The fraction of sp³-hybridized carbons (Fsp3) is 1.00. The maximum atomic E-state index is 12.7. The summed E-state index contributed by atoms with van der Waals surface area (Å²) in [5.74, 6) is -3.27. The third kappa shape index (κ3) is 1.40. The maximum absolute atomic E-state index is 12.7. The van der Waals surface area contributed by atoms with Crippen molar-refractivity contribution in [2.45, 2.75) is 18.8 Å². The molecule has 0 aliphatic carbocycles. The zero-order valence-corrected chi connectivity index (χ0v) is 4.17. The maximum Gasteiger partial charge on any atom is 0.250 e.